The monoisotopic (exact) mass is 287 g/mol. The van der Waals surface area contributed by atoms with Gasteiger partial charge in [0.1, 0.15) is 11.9 Å². The van der Waals surface area contributed by atoms with Crippen LogP contribution in [0.4, 0.5) is 4.39 Å². The number of primary amides is 1. The number of hydrogen-bond acceptors (Lipinski definition) is 4. The van der Waals surface area contributed by atoms with E-state index < -0.39 is 27.8 Å². The van der Waals surface area contributed by atoms with Crippen molar-refractivity contribution in [1.29, 1.82) is 0 Å². The summed E-state index contributed by atoms with van der Waals surface area (Å²) >= 11 is 0. The first-order valence-electron chi connectivity index (χ1n) is 5.70. The number of piperazine rings is 1. The van der Waals surface area contributed by atoms with Crippen molar-refractivity contribution in [3.05, 3.63) is 30.1 Å². The number of sulfonamides is 1. The third-order valence-electron chi connectivity index (χ3n) is 2.94. The zero-order valence-electron chi connectivity index (χ0n) is 10.0. The van der Waals surface area contributed by atoms with Gasteiger partial charge in [-0.3, -0.25) is 4.79 Å². The van der Waals surface area contributed by atoms with Crippen LogP contribution in [0.15, 0.2) is 29.2 Å². The Hall–Kier alpha value is -1.51. The molecule has 6 nitrogen and oxygen atoms in total. The number of nitrogens with two attached hydrogens (primary N) is 1. The Kier molecular flexibility index (Phi) is 3.83. The first kappa shape index (κ1) is 13.9. The lowest BCUT2D eigenvalue weighted by Gasteiger charge is -2.33. The van der Waals surface area contributed by atoms with Crippen LogP contribution < -0.4 is 11.1 Å². The van der Waals surface area contributed by atoms with E-state index in [-0.39, 0.29) is 18.0 Å². The number of amides is 1. The molecule has 1 aliphatic heterocycles. The van der Waals surface area contributed by atoms with Gasteiger partial charge in [0, 0.05) is 19.6 Å². The molecule has 1 aromatic carbocycles. The molecule has 1 saturated heterocycles. The van der Waals surface area contributed by atoms with Gasteiger partial charge in [-0.2, -0.15) is 4.31 Å². The average molecular weight is 287 g/mol. The highest BCUT2D eigenvalue weighted by Crippen LogP contribution is 2.19. The van der Waals surface area contributed by atoms with E-state index in [1.165, 1.54) is 12.1 Å². The lowest BCUT2D eigenvalue weighted by Crippen LogP contribution is -2.58. The molecular formula is C11H14FN3O3S. The smallest absolute Gasteiger partial charge is 0.243 e. The number of carbonyl (C=O) groups is 1. The molecule has 0 aliphatic carbocycles. The van der Waals surface area contributed by atoms with E-state index in [9.17, 15) is 17.6 Å². The number of halogens is 1. The normalized spacial score (nSPS) is 21.2. The molecule has 0 aromatic heterocycles. The Morgan fingerprint density at radius 1 is 1.37 bits per heavy atom. The van der Waals surface area contributed by atoms with E-state index in [1.807, 2.05) is 0 Å². The Morgan fingerprint density at radius 2 is 2.00 bits per heavy atom. The molecule has 104 valence electrons. The fourth-order valence-electron chi connectivity index (χ4n) is 1.96. The van der Waals surface area contributed by atoms with Crippen LogP contribution in [0, 0.1) is 5.82 Å². The van der Waals surface area contributed by atoms with E-state index in [4.69, 9.17) is 5.73 Å². The van der Waals surface area contributed by atoms with Crippen LogP contribution in [-0.2, 0) is 14.8 Å². The van der Waals surface area contributed by atoms with Gasteiger partial charge in [0.2, 0.25) is 15.9 Å². The Morgan fingerprint density at radius 3 is 2.58 bits per heavy atom. The maximum Gasteiger partial charge on any atom is 0.243 e. The largest absolute Gasteiger partial charge is 0.368 e. The third-order valence-corrected chi connectivity index (χ3v) is 4.87. The molecule has 19 heavy (non-hydrogen) atoms. The van der Waals surface area contributed by atoms with Crippen LogP contribution in [0.1, 0.15) is 0 Å². The molecule has 3 N–H and O–H groups in total. The fraction of sp³-hybridized carbons (Fsp3) is 0.364. The van der Waals surface area contributed by atoms with E-state index >= 15 is 0 Å². The lowest BCUT2D eigenvalue weighted by atomic mass is 10.2. The second-order valence-corrected chi connectivity index (χ2v) is 6.08. The lowest BCUT2D eigenvalue weighted by molar-refractivity contribution is -0.122. The molecule has 1 aliphatic rings. The number of nitrogens with zero attached hydrogens (tertiary/aromatic N) is 1. The standard InChI is InChI=1S/C11H14FN3O3S/c12-8-1-3-9(4-2-8)19(17,18)15-6-5-14-7-10(15)11(13)16/h1-4,10,14H,5-7H2,(H2,13,16). The van der Waals surface area contributed by atoms with Gasteiger partial charge in [0.05, 0.1) is 4.90 Å². The molecule has 2 rings (SSSR count). The highest BCUT2D eigenvalue weighted by molar-refractivity contribution is 7.89. The van der Waals surface area contributed by atoms with Crippen LogP contribution >= 0.6 is 0 Å². The molecule has 0 saturated carbocycles. The molecule has 0 radical (unpaired) electrons. The molecule has 1 unspecified atom stereocenters. The summed E-state index contributed by atoms with van der Waals surface area (Å²) < 4.78 is 38.6. The summed E-state index contributed by atoms with van der Waals surface area (Å²) in [6.45, 7) is 0.757. The van der Waals surface area contributed by atoms with Gasteiger partial charge >= 0.3 is 0 Å². The summed E-state index contributed by atoms with van der Waals surface area (Å²) in [6, 6.07) is 3.54. The summed E-state index contributed by atoms with van der Waals surface area (Å²) in [6.07, 6.45) is 0. The number of hydrogen-bond donors (Lipinski definition) is 2. The molecular weight excluding hydrogens is 273 g/mol. The fourth-order valence-corrected chi connectivity index (χ4v) is 3.55. The van der Waals surface area contributed by atoms with Crippen LogP contribution in [0.2, 0.25) is 0 Å². The molecule has 1 atom stereocenters. The topological polar surface area (TPSA) is 92.5 Å². The molecule has 1 fully saturated rings. The van der Waals surface area contributed by atoms with Crippen LogP contribution in [0.5, 0.6) is 0 Å². The second-order valence-electron chi connectivity index (χ2n) is 4.19. The Balaban J connectivity index is 2.37. The van der Waals surface area contributed by atoms with E-state index in [2.05, 4.69) is 5.32 Å². The third kappa shape index (κ3) is 2.75. The van der Waals surface area contributed by atoms with Crippen molar-refractivity contribution in [3.8, 4) is 0 Å². The summed E-state index contributed by atoms with van der Waals surface area (Å²) in [5, 5.41) is 2.91. The average Bonchev–Trinajstić information content (AvgIpc) is 2.39. The molecule has 0 bridgehead atoms. The van der Waals surface area contributed by atoms with Crippen LogP contribution in [0.25, 0.3) is 0 Å². The molecule has 8 heteroatoms. The second kappa shape index (κ2) is 5.24. The summed E-state index contributed by atoms with van der Waals surface area (Å²) in [7, 11) is -3.85. The van der Waals surface area contributed by atoms with Gasteiger partial charge in [0.15, 0.2) is 0 Å². The highest BCUT2D eigenvalue weighted by Gasteiger charge is 2.36. The minimum Gasteiger partial charge on any atom is -0.368 e. The summed E-state index contributed by atoms with van der Waals surface area (Å²) in [5.74, 6) is -1.23. The van der Waals surface area contributed by atoms with Crippen LogP contribution in [-0.4, -0.2) is 44.3 Å². The van der Waals surface area contributed by atoms with Crippen molar-refractivity contribution in [2.45, 2.75) is 10.9 Å². The number of nitrogens with one attached hydrogen (secondary N) is 1. The maximum absolute atomic E-state index is 12.8. The van der Waals surface area contributed by atoms with Crippen molar-refractivity contribution in [1.82, 2.24) is 9.62 Å². The number of carbonyl (C=O) groups excluding carboxylic acids is 1. The Bertz CT molecular complexity index is 573. The summed E-state index contributed by atoms with van der Waals surface area (Å²) in [5.41, 5.74) is 5.21. The van der Waals surface area contributed by atoms with Gasteiger partial charge < -0.3 is 11.1 Å². The van der Waals surface area contributed by atoms with E-state index in [0.717, 1.165) is 16.4 Å². The van der Waals surface area contributed by atoms with E-state index in [0.29, 0.717) is 6.54 Å². The molecule has 1 aromatic rings. The molecule has 1 heterocycles. The van der Waals surface area contributed by atoms with Gasteiger partial charge in [-0.05, 0) is 24.3 Å². The molecule has 1 amide bonds. The Labute approximate surface area is 110 Å². The van der Waals surface area contributed by atoms with Crippen molar-refractivity contribution >= 4 is 15.9 Å². The van der Waals surface area contributed by atoms with Crippen molar-refractivity contribution in [2.24, 2.45) is 5.73 Å². The minimum absolute atomic E-state index is 0.0537. The molecule has 0 spiro atoms. The maximum atomic E-state index is 12.8. The van der Waals surface area contributed by atoms with Gasteiger partial charge in [-0.25, -0.2) is 12.8 Å². The predicted octanol–water partition coefficient (Wildman–Crippen LogP) is -0.726. The van der Waals surface area contributed by atoms with Gasteiger partial charge in [0.25, 0.3) is 0 Å². The number of benzene rings is 1. The van der Waals surface area contributed by atoms with Crippen molar-refractivity contribution < 1.29 is 17.6 Å². The minimum atomic E-state index is -3.85. The van der Waals surface area contributed by atoms with Gasteiger partial charge in [-0.15, -0.1) is 0 Å². The van der Waals surface area contributed by atoms with Crippen molar-refractivity contribution in [2.75, 3.05) is 19.6 Å². The first-order chi connectivity index (χ1) is 8.93. The van der Waals surface area contributed by atoms with Crippen LogP contribution in [0.3, 0.4) is 0 Å². The van der Waals surface area contributed by atoms with Gasteiger partial charge in [-0.1, -0.05) is 0 Å². The predicted molar refractivity (Wildman–Crippen MR) is 66.1 cm³/mol. The zero-order valence-corrected chi connectivity index (χ0v) is 10.9. The zero-order chi connectivity index (χ0) is 14.0. The SMILES string of the molecule is NC(=O)C1CNCCN1S(=O)(=O)c1ccc(F)cc1. The highest BCUT2D eigenvalue weighted by atomic mass is 32.2. The van der Waals surface area contributed by atoms with E-state index in [1.54, 1.807) is 0 Å². The quantitative estimate of drug-likeness (QED) is 0.767. The number of rotatable bonds is 3. The first-order valence-corrected chi connectivity index (χ1v) is 7.14. The van der Waals surface area contributed by atoms with Crippen molar-refractivity contribution in [3.63, 3.8) is 0 Å². The summed E-state index contributed by atoms with van der Waals surface area (Å²) in [4.78, 5) is 11.3.